The van der Waals surface area contributed by atoms with E-state index in [2.05, 4.69) is 69.2 Å². The molecule has 0 unspecified atom stereocenters. The van der Waals surface area contributed by atoms with Crippen LogP contribution in [0.2, 0.25) is 0 Å². The van der Waals surface area contributed by atoms with Gasteiger partial charge in [-0.05, 0) is 27.7 Å². The smallest absolute Gasteiger partial charge is 0.164 e. The van der Waals surface area contributed by atoms with Crippen LogP contribution in [0.3, 0.4) is 0 Å². The van der Waals surface area contributed by atoms with Crippen LogP contribution in [0, 0.1) is 10.8 Å². The first-order valence-electron chi connectivity index (χ1n) is 7.99. The molecule has 1 rings (SSSR count). The molecule has 1 aliphatic heterocycles. The van der Waals surface area contributed by atoms with Gasteiger partial charge in [0.15, 0.2) is 12.6 Å². The summed E-state index contributed by atoms with van der Waals surface area (Å²) in [4.78, 5) is 0. The predicted molar refractivity (Wildman–Crippen MR) is 90.8 cm³/mol. The standard InChI is InChI=1S/C11H22O2.C7H16O2/c1-9(2,3)8-12-10(4,5)11(6,7)13-8;1-7(2,3)6(8-4)9-5/h8H,1-7H3;6H,1-5H3. The van der Waals surface area contributed by atoms with Gasteiger partial charge in [0.05, 0.1) is 11.2 Å². The van der Waals surface area contributed by atoms with Crippen molar-refractivity contribution in [2.45, 2.75) is 93.0 Å². The summed E-state index contributed by atoms with van der Waals surface area (Å²) in [6.07, 6.45) is -0.199. The molecule has 0 bridgehead atoms. The van der Waals surface area contributed by atoms with Gasteiger partial charge < -0.3 is 18.9 Å². The Labute approximate surface area is 137 Å². The fourth-order valence-corrected chi connectivity index (χ4v) is 2.00. The third kappa shape index (κ3) is 5.80. The quantitative estimate of drug-likeness (QED) is 0.697. The van der Waals surface area contributed by atoms with Gasteiger partial charge in [-0.25, -0.2) is 0 Å². The monoisotopic (exact) mass is 318 g/mol. The Hall–Kier alpha value is -0.160. The van der Waals surface area contributed by atoms with Crippen molar-refractivity contribution in [1.29, 1.82) is 0 Å². The van der Waals surface area contributed by atoms with Crippen molar-refractivity contribution in [3.63, 3.8) is 0 Å². The third-order valence-corrected chi connectivity index (χ3v) is 4.10. The molecule has 1 fully saturated rings. The Morgan fingerprint density at radius 3 is 1.18 bits per heavy atom. The molecule has 0 N–H and O–H groups in total. The van der Waals surface area contributed by atoms with Crippen molar-refractivity contribution in [3.8, 4) is 0 Å². The summed E-state index contributed by atoms with van der Waals surface area (Å²) in [5.41, 5.74) is -0.287. The highest BCUT2D eigenvalue weighted by atomic mass is 16.7. The zero-order valence-corrected chi connectivity index (χ0v) is 16.8. The van der Waals surface area contributed by atoms with E-state index in [0.717, 1.165) is 0 Å². The summed E-state index contributed by atoms with van der Waals surface area (Å²) < 4.78 is 21.9. The van der Waals surface area contributed by atoms with Gasteiger partial charge in [0.1, 0.15) is 0 Å². The van der Waals surface area contributed by atoms with Crippen LogP contribution < -0.4 is 0 Å². The maximum absolute atomic E-state index is 5.91. The van der Waals surface area contributed by atoms with Crippen LogP contribution in [0.4, 0.5) is 0 Å². The molecular formula is C18H38O4. The first-order valence-corrected chi connectivity index (χ1v) is 7.99. The normalized spacial score (nSPS) is 21.7. The second-order valence-corrected chi connectivity index (χ2v) is 9.12. The first-order chi connectivity index (χ1) is 9.58. The van der Waals surface area contributed by atoms with Crippen molar-refractivity contribution in [2.75, 3.05) is 14.2 Å². The SMILES string of the molecule is CC(C)(C)C1OC(C)(C)C(C)(C)O1.COC(OC)C(C)(C)C. The molecule has 0 aromatic carbocycles. The first kappa shape index (κ1) is 21.8. The van der Waals surface area contributed by atoms with Crippen molar-refractivity contribution >= 4 is 0 Å². The van der Waals surface area contributed by atoms with E-state index in [1.165, 1.54) is 0 Å². The maximum atomic E-state index is 5.91. The summed E-state index contributed by atoms with van der Waals surface area (Å²) in [6.45, 7) is 21.0. The van der Waals surface area contributed by atoms with E-state index in [9.17, 15) is 0 Å². The molecule has 0 amide bonds. The van der Waals surface area contributed by atoms with Gasteiger partial charge in [0.25, 0.3) is 0 Å². The zero-order valence-electron chi connectivity index (χ0n) is 16.8. The molecule has 0 aromatic rings. The fourth-order valence-electron chi connectivity index (χ4n) is 2.00. The van der Waals surface area contributed by atoms with Crippen LogP contribution >= 0.6 is 0 Å². The van der Waals surface area contributed by atoms with Crippen molar-refractivity contribution in [1.82, 2.24) is 0 Å². The number of hydrogen-bond donors (Lipinski definition) is 0. The number of ether oxygens (including phenoxy) is 4. The topological polar surface area (TPSA) is 36.9 Å². The lowest BCUT2D eigenvalue weighted by atomic mass is 9.90. The minimum atomic E-state index is -0.203. The Bertz CT molecular complexity index is 314. The second kappa shape index (κ2) is 7.16. The second-order valence-electron chi connectivity index (χ2n) is 9.12. The Kier molecular flexibility index (Phi) is 7.11. The zero-order chi connectivity index (χ0) is 18.0. The highest BCUT2D eigenvalue weighted by Crippen LogP contribution is 2.43. The molecule has 0 atom stereocenters. The van der Waals surface area contributed by atoms with Gasteiger partial charge >= 0.3 is 0 Å². The average molecular weight is 318 g/mol. The number of rotatable bonds is 2. The molecule has 134 valence electrons. The average Bonchev–Trinajstić information content (AvgIpc) is 2.48. The van der Waals surface area contributed by atoms with Crippen LogP contribution in [-0.4, -0.2) is 38.0 Å². The van der Waals surface area contributed by atoms with Gasteiger partial charge in [0, 0.05) is 25.0 Å². The summed E-state index contributed by atoms with van der Waals surface area (Å²) in [7, 11) is 3.30. The molecule has 0 saturated carbocycles. The molecule has 0 spiro atoms. The van der Waals surface area contributed by atoms with E-state index in [1.807, 2.05) is 0 Å². The number of hydrogen-bond acceptors (Lipinski definition) is 4. The maximum Gasteiger partial charge on any atom is 0.164 e. The lowest BCUT2D eigenvalue weighted by Crippen LogP contribution is -2.41. The largest absolute Gasteiger partial charge is 0.355 e. The fraction of sp³-hybridized carbons (Fsp3) is 1.00. The molecular weight excluding hydrogens is 280 g/mol. The van der Waals surface area contributed by atoms with Crippen LogP contribution in [0.25, 0.3) is 0 Å². The van der Waals surface area contributed by atoms with Gasteiger partial charge in [-0.2, -0.15) is 0 Å². The molecule has 0 aliphatic carbocycles. The predicted octanol–water partition coefficient (Wildman–Crippen LogP) is 4.61. The lowest BCUT2D eigenvalue weighted by molar-refractivity contribution is -0.161. The van der Waals surface area contributed by atoms with Crippen LogP contribution in [-0.2, 0) is 18.9 Å². The van der Waals surface area contributed by atoms with Gasteiger partial charge in [0.2, 0.25) is 0 Å². The van der Waals surface area contributed by atoms with Crippen LogP contribution in [0.5, 0.6) is 0 Å². The molecule has 22 heavy (non-hydrogen) atoms. The molecule has 1 saturated heterocycles. The minimum Gasteiger partial charge on any atom is -0.355 e. The summed E-state index contributed by atoms with van der Waals surface area (Å²) >= 11 is 0. The Balaban J connectivity index is 0.000000433. The molecule has 0 radical (unpaired) electrons. The molecule has 4 heteroatoms. The molecule has 0 aromatic heterocycles. The van der Waals surface area contributed by atoms with E-state index >= 15 is 0 Å². The van der Waals surface area contributed by atoms with Gasteiger partial charge in [-0.15, -0.1) is 0 Å². The summed E-state index contributed by atoms with van der Waals surface area (Å²) in [5.74, 6) is 0. The molecule has 1 aliphatic rings. The van der Waals surface area contributed by atoms with Crippen molar-refractivity contribution < 1.29 is 18.9 Å². The van der Waals surface area contributed by atoms with Gasteiger partial charge in [-0.3, -0.25) is 0 Å². The van der Waals surface area contributed by atoms with E-state index in [0.29, 0.717) is 0 Å². The summed E-state index contributed by atoms with van der Waals surface area (Å²) in [6, 6.07) is 0. The minimum absolute atomic E-state index is 0.0467. The Morgan fingerprint density at radius 2 is 1.09 bits per heavy atom. The van der Waals surface area contributed by atoms with E-state index in [-0.39, 0.29) is 34.6 Å². The van der Waals surface area contributed by atoms with Crippen LogP contribution in [0.1, 0.15) is 69.2 Å². The van der Waals surface area contributed by atoms with E-state index in [1.54, 1.807) is 14.2 Å². The highest BCUT2D eigenvalue weighted by Gasteiger charge is 2.52. The third-order valence-electron chi connectivity index (χ3n) is 4.10. The van der Waals surface area contributed by atoms with Gasteiger partial charge in [-0.1, -0.05) is 41.5 Å². The van der Waals surface area contributed by atoms with Crippen molar-refractivity contribution in [3.05, 3.63) is 0 Å². The lowest BCUT2D eigenvalue weighted by Gasteiger charge is -2.30. The molecule has 1 heterocycles. The highest BCUT2D eigenvalue weighted by molar-refractivity contribution is 4.96. The van der Waals surface area contributed by atoms with Crippen LogP contribution in [0.15, 0.2) is 0 Å². The summed E-state index contributed by atoms with van der Waals surface area (Å²) in [5, 5.41) is 0. The van der Waals surface area contributed by atoms with E-state index < -0.39 is 0 Å². The number of methoxy groups -OCH3 is 2. The van der Waals surface area contributed by atoms with E-state index in [4.69, 9.17) is 18.9 Å². The molecule has 4 nitrogen and oxygen atoms in total. The Morgan fingerprint density at radius 1 is 0.773 bits per heavy atom. The van der Waals surface area contributed by atoms with Crippen molar-refractivity contribution in [2.24, 2.45) is 10.8 Å².